The summed E-state index contributed by atoms with van der Waals surface area (Å²) in [6.07, 6.45) is 3.47. The van der Waals surface area contributed by atoms with Gasteiger partial charge in [0.25, 0.3) is 15.0 Å². The van der Waals surface area contributed by atoms with Crippen molar-refractivity contribution >= 4 is 37.2 Å². The maximum Gasteiger partial charge on any atom is 0.261 e. The number of hydrogen-bond donors (Lipinski definition) is 0. The standard InChI is InChI=1S/C14H17Cl2NO3S/c1-9-12(15)6-11(7-13(9)21(16,19)20)14(18)17(2)8-10-4-3-5-10/h6-7,10H,3-5,8H2,1-2H3. The van der Waals surface area contributed by atoms with Gasteiger partial charge in [-0.25, -0.2) is 8.42 Å². The third kappa shape index (κ3) is 3.71. The van der Waals surface area contributed by atoms with Gasteiger partial charge in [0.05, 0.1) is 4.90 Å². The predicted octanol–water partition coefficient (Wildman–Crippen LogP) is 3.45. The Morgan fingerprint density at radius 1 is 1.38 bits per heavy atom. The number of carbonyl (C=O) groups is 1. The molecule has 0 aromatic heterocycles. The molecule has 7 heteroatoms. The van der Waals surface area contributed by atoms with Crippen LogP contribution in [0.3, 0.4) is 0 Å². The molecule has 0 aliphatic heterocycles. The van der Waals surface area contributed by atoms with Gasteiger partial charge in [0, 0.05) is 34.9 Å². The molecule has 0 saturated heterocycles. The van der Waals surface area contributed by atoms with E-state index in [-0.39, 0.29) is 21.4 Å². The lowest BCUT2D eigenvalue weighted by Gasteiger charge is -2.30. The number of amides is 1. The monoisotopic (exact) mass is 349 g/mol. The van der Waals surface area contributed by atoms with Crippen LogP contribution in [0, 0.1) is 12.8 Å². The van der Waals surface area contributed by atoms with E-state index >= 15 is 0 Å². The summed E-state index contributed by atoms with van der Waals surface area (Å²) >= 11 is 6.02. The van der Waals surface area contributed by atoms with E-state index in [1.807, 2.05) is 0 Å². The van der Waals surface area contributed by atoms with Crippen molar-refractivity contribution in [3.8, 4) is 0 Å². The quantitative estimate of drug-likeness (QED) is 0.782. The molecule has 1 aromatic rings. The molecule has 0 N–H and O–H groups in total. The molecule has 0 radical (unpaired) electrons. The van der Waals surface area contributed by atoms with Crippen LogP contribution in [-0.2, 0) is 9.05 Å². The maximum absolute atomic E-state index is 12.4. The SMILES string of the molecule is Cc1c(Cl)cc(C(=O)N(C)CC2CCC2)cc1S(=O)(=O)Cl. The molecule has 0 heterocycles. The first-order chi connectivity index (χ1) is 9.70. The van der Waals surface area contributed by atoms with Crippen LogP contribution in [0.2, 0.25) is 5.02 Å². The zero-order valence-electron chi connectivity index (χ0n) is 11.9. The highest BCUT2D eigenvalue weighted by Gasteiger charge is 2.24. The minimum atomic E-state index is -3.94. The summed E-state index contributed by atoms with van der Waals surface area (Å²) in [4.78, 5) is 13.9. The number of benzene rings is 1. The zero-order chi connectivity index (χ0) is 15.8. The molecular formula is C14H17Cl2NO3S. The van der Waals surface area contributed by atoms with Gasteiger partial charge in [-0.1, -0.05) is 18.0 Å². The van der Waals surface area contributed by atoms with Crippen LogP contribution in [0.5, 0.6) is 0 Å². The first-order valence-corrected chi connectivity index (χ1v) is 9.39. The molecule has 1 aliphatic carbocycles. The summed E-state index contributed by atoms with van der Waals surface area (Å²) in [7, 11) is 3.17. The summed E-state index contributed by atoms with van der Waals surface area (Å²) in [5.41, 5.74) is 0.594. The number of halogens is 2. The highest BCUT2D eigenvalue weighted by Crippen LogP contribution is 2.30. The highest BCUT2D eigenvalue weighted by atomic mass is 35.7. The molecule has 0 spiro atoms. The van der Waals surface area contributed by atoms with E-state index in [4.69, 9.17) is 22.3 Å². The third-order valence-electron chi connectivity index (χ3n) is 3.91. The molecule has 4 nitrogen and oxygen atoms in total. The topological polar surface area (TPSA) is 54.5 Å². The molecule has 1 fully saturated rings. The lowest BCUT2D eigenvalue weighted by molar-refractivity contribution is 0.0745. The van der Waals surface area contributed by atoms with Crippen LogP contribution in [0.25, 0.3) is 0 Å². The molecule has 1 aromatic carbocycles. The Labute approximate surface area is 134 Å². The summed E-state index contributed by atoms with van der Waals surface area (Å²) in [5.74, 6) is 0.293. The molecular weight excluding hydrogens is 333 g/mol. The van der Waals surface area contributed by atoms with Gasteiger partial charge in [0.1, 0.15) is 0 Å². The van der Waals surface area contributed by atoms with Gasteiger partial charge in [-0.05, 0) is 43.4 Å². The average molecular weight is 350 g/mol. The predicted molar refractivity (Wildman–Crippen MR) is 83.5 cm³/mol. The fourth-order valence-electron chi connectivity index (χ4n) is 2.40. The van der Waals surface area contributed by atoms with Crippen molar-refractivity contribution in [1.29, 1.82) is 0 Å². The molecule has 0 unspecified atom stereocenters. The Kier molecular flexibility index (Phi) is 4.85. The van der Waals surface area contributed by atoms with E-state index in [2.05, 4.69) is 0 Å². The molecule has 116 valence electrons. The van der Waals surface area contributed by atoms with Crippen LogP contribution in [0.15, 0.2) is 17.0 Å². The maximum atomic E-state index is 12.4. The van der Waals surface area contributed by atoms with Gasteiger partial charge in [-0.15, -0.1) is 0 Å². The number of nitrogens with zero attached hydrogens (tertiary/aromatic N) is 1. The zero-order valence-corrected chi connectivity index (χ0v) is 14.2. The fourth-order valence-corrected chi connectivity index (χ4v) is 3.90. The Morgan fingerprint density at radius 3 is 2.48 bits per heavy atom. The molecule has 1 aliphatic rings. The largest absolute Gasteiger partial charge is 0.341 e. The highest BCUT2D eigenvalue weighted by molar-refractivity contribution is 8.13. The van der Waals surface area contributed by atoms with Crippen molar-refractivity contribution in [2.75, 3.05) is 13.6 Å². The first kappa shape index (κ1) is 16.6. The molecule has 21 heavy (non-hydrogen) atoms. The fraction of sp³-hybridized carbons (Fsp3) is 0.500. The van der Waals surface area contributed by atoms with E-state index in [0.717, 1.165) is 12.8 Å². The van der Waals surface area contributed by atoms with E-state index in [0.29, 0.717) is 18.0 Å². The minimum Gasteiger partial charge on any atom is -0.341 e. The average Bonchev–Trinajstić information content (AvgIpc) is 2.34. The van der Waals surface area contributed by atoms with Gasteiger partial charge in [-0.2, -0.15) is 0 Å². The van der Waals surface area contributed by atoms with E-state index in [1.165, 1.54) is 18.6 Å². The normalized spacial score (nSPS) is 15.6. The summed E-state index contributed by atoms with van der Waals surface area (Å²) in [6, 6.07) is 2.78. The van der Waals surface area contributed by atoms with Crippen LogP contribution in [-0.4, -0.2) is 32.8 Å². The Balaban J connectivity index is 2.30. The minimum absolute atomic E-state index is 0.114. The van der Waals surface area contributed by atoms with Gasteiger partial charge in [0.2, 0.25) is 0 Å². The van der Waals surface area contributed by atoms with Crippen molar-refractivity contribution in [2.45, 2.75) is 31.1 Å². The Morgan fingerprint density at radius 2 is 2.00 bits per heavy atom. The van der Waals surface area contributed by atoms with Gasteiger partial charge >= 0.3 is 0 Å². The molecule has 1 saturated carbocycles. The van der Waals surface area contributed by atoms with Gasteiger partial charge in [-0.3, -0.25) is 4.79 Å². The van der Waals surface area contributed by atoms with Crippen LogP contribution in [0.1, 0.15) is 35.2 Å². The number of hydrogen-bond acceptors (Lipinski definition) is 3. The Bertz CT molecular complexity index is 669. The Hall–Kier alpha value is -0.780. The van der Waals surface area contributed by atoms with Gasteiger partial charge in [0.15, 0.2) is 0 Å². The van der Waals surface area contributed by atoms with E-state index < -0.39 is 9.05 Å². The smallest absolute Gasteiger partial charge is 0.261 e. The van der Waals surface area contributed by atoms with Crippen molar-refractivity contribution in [3.05, 3.63) is 28.3 Å². The molecule has 2 rings (SSSR count). The van der Waals surface area contributed by atoms with Crippen LogP contribution >= 0.6 is 22.3 Å². The molecule has 1 amide bonds. The van der Waals surface area contributed by atoms with Crippen molar-refractivity contribution in [2.24, 2.45) is 5.92 Å². The second-order valence-corrected chi connectivity index (χ2v) is 8.44. The van der Waals surface area contributed by atoms with E-state index in [9.17, 15) is 13.2 Å². The van der Waals surface area contributed by atoms with Crippen molar-refractivity contribution in [3.63, 3.8) is 0 Å². The summed E-state index contributed by atoms with van der Waals surface area (Å²) in [5, 5.41) is 0.220. The van der Waals surface area contributed by atoms with Crippen molar-refractivity contribution < 1.29 is 13.2 Å². The summed E-state index contributed by atoms with van der Waals surface area (Å²) < 4.78 is 23.1. The van der Waals surface area contributed by atoms with Crippen LogP contribution < -0.4 is 0 Å². The summed E-state index contributed by atoms with van der Waals surface area (Å²) in [6.45, 7) is 2.23. The van der Waals surface area contributed by atoms with Crippen molar-refractivity contribution in [1.82, 2.24) is 4.90 Å². The number of carbonyl (C=O) groups excluding carboxylic acids is 1. The second kappa shape index (κ2) is 6.15. The lowest BCUT2D eigenvalue weighted by Crippen LogP contribution is -2.34. The second-order valence-electron chi connectivity index (χ2n) is 5.50. The lowest BCUT2D eigenvalue weighted by atomic mass is 9.85. The van der Waals surface area contributed by atoms with E-state index in [1.54, 1.807) is 18.9 Å². The molecule has 0 atom stereocenters. The third-order valence-corrected chi connectivity index (χ3v) is 5.75. The van der Waals surface area contributed by atoms with Crippen LogP contribution in [0.4, 0.5) is 0 Å². The van der Waals surface area contributed by atoms with Gasteiger partial charge < -0.3 is 4.90 Å². The first-order valence-electron chi connectivity index (χ1n) is 6.70. The number of rotatable bonds is 4. The molecule has 0 bridgehead atoms.